The molecule has 0 bridgehead atoms. The predicted octanol–water partition coefficient (Wildman–Crippen LogP) is 1.08. The molecule has 0 fully saturated rings. The summed E-state index contributed by atoms with van der Waals surface area (Å²) < 4.78 is 0. The van der Waals surface area contributed by atoms with E-state index in [1.165, 1.54) is 0 Å². The summed E-state index contributed by atoms with van der Waals surface area (Å²) >= 11 is 0. The highest BCUT2D eigenvalue weighted by Gasteiger charge is 2.04. The van der Waals surface area contributed by atoms with Crippen LogP contribution in [0.4, 0.5) is 0 Å². The number of hydrogen-bond acceptors (Lipinski definition) is 2. The zero-order valence-corrected chi connectivity index (χ0v) is 6.41. The first-order valence-corrected chi connectivity index (χ1v) is 3.43. The Morgan fingerprint density at radius 1 is 1.73 bits per heavy atom. The molecular weight excluding hydrogens is 136 g/mol. The average Bonchev–Trinajstić information content (AvgIpc) is 2.04. The molecule has 2 nitrogen and oxygen atoms in total. The lowest BCUT2D eigenvalue weighted by molar-refractivity contribution is 0.778. The average molecular weight is 146 g/mol. The highest BCUT2D eigenvalue weighted by molar-refractivity contribution is 5.36. The van der Waals surface area contributed by atoms with Crippen LogP contribution in [0.25, 0.3) is 0 Å². The summed E-state index contributed by atoms with van der Waals surface area (Å²) in [6, 6.07) is 3.55. The molecule has 0 aliphatic heterocycles. The maximum atomic E-state index is 5.63. The molecule has 0 aliphatic carbocycles. The van der Waals surface area contributed by atoms with E-state index in [2.05, 4.69) is 10.9 Å². The normalized spacial score (nSPS) is 12.1. The lowest BCUT2D eigenvalue weighted by atomic mass is 10.1. The molecule has 1 heterocycles. The summed E-state index contributed by atoms with van der Waals surface area (Å²) in [4.78, 5) is 4.08. The van der Waals surface area contributed by atoms with E-state index in [-0.39, 0.29) is 6.04 Å². The van der Waals surface area contributed by atoms with Gasteiger partial charge in [0.15, 0.2) is 0 Å². The van der Waals surface area contributed by atoms with E-state index in [9.17, 15) is 0 Å². The number of hydrogen-bond donors (Lipinski definition) is 1. The molecule has 0 saturated carbocycles. The minimum absolute atomic E-state index is 0.0951. The van der Waals surface area contributed by atoms with Gasteiger partial charge in [-0.3, -0.25) is 4.98 Å². The third kappa shape index (κ3) is 1.57. The molecule has 2 N–H and O–H groups in total. The molecule has 0 radical (unpaired) electrons. The number of nitrogens with zero attached hydrogens (tertiary/aromatic N) is 1. The quantitative estimate of drug-likeness (QED) is 0.602. The van der Waals surface area contributed by atoms with Gasteiger partial charge >= 0.3 is 0 Å². The van der Waals surface area contributed by atoms with Crippen molar-refractivity contribution in [1.82, 2.24) is 4.98 Å². The van der Waals surface area contributed by atoms with Crippen LogP contribution in [0.15, 0.2) is 18.3 Å². The first kappa shape index (κ1) is 7.77. The van der Waals surface area contributed by atoms with Gasteiger partial charge in [0.2, 0.25) is 0 Å². The molecule has 56 valence electrons. The molecule has 0 saturated heterocycles. The van der Waals surface area contributed by atoms with Crippen LogP contribution in [0.5, 0.6) is 0 Å². The molecule has 1 aromatic heterocycles. The SMILES string of the molecule is C#Cc1cccnc1[C@@H](C)N. The van der Waals surface area contributed by atoms with E-state index in [1.54, 1.807) is 12.3 Å². The fraction of sp³-hybridized carbons (Fsp3) is 0.222. The van der Waals surface area contributed by atoms with Gasteiger partial charge in [-0.05, 0) is 19.1 Å². The van der Waals surface area contributed by atoms with Crippen molar-refractivity contribution in [3.63, 3.8) is 0 Å². The van der Waals surface area contributed by atoms with Gasteiger partial charge in [0.25, 0.3) is 0 Å². The van der Waals surface area contributed by atoms with Crippen molar-refractivity contribution in [2.45, 2.75) is 13.0 Å². The second-order valence-corrected chi connectivity index (χ2v) is 2.37. The van der Waals surface area contributed by atoms with Gasteiger partial charge in [-0.25, -0.2) is 0 Å². The molecule has 0 aromatic carbocycles. The van der Waals surface area contributed by atoms with Crippen LogP contribution in [-0.2, 0) is 0 Å². The number of terminal acetylenes is 1. The Morgan fingerprint density at radius 2 is 2.45 bits per heavy atom. The summed E-state index contributed by atoms with van der Waals surface area (Å²) in [6.45, 7) is 1.86. The molecule has 0 amide bonds. The molecule has 2 heteroatoms. The van der Waals surface area contributed by atoms with Crippen LogP contribution in [-0.4, -0.2) is 4.98 Å². The Kier molecular flexibility index (Phi) is 2.25. The van der Waals surface area contributed by atoms with Crippen LogP contribution >= 0.6 is 0 Å². The van der Waals surface area contributed by atoms with Gasteiger partial charge in [-0.15, -0.1) is 6.42 Å². The van der Waals surface area contributed by atoms with Crippen molar-refractivity contribution in [2.75, 3.05) is 0 Å². The third-order valence-corrected chi connectivity index (χ3v) is 1.43. The van der Waals surface area contributed by atoms with Crippen molar-refractivity contribution < 1.29 is 0 Å². The molecule has 11 heavy (non-hydrogen) atoms. The van der Waals surface area contributed by atoms with Gasteiger partial charge in [0.05, 0.1) is 5.69 Å². The van der Waals surface area contributed by atoms with Crippen LogP contribution in [0.1, 0.15) is 24.2 Å². The number of rotatable bonds is 1. The summed E-state index contributed by atoms with van der Waals surface area (Å²) in [5, 5.41) is 0. The van der Waals surface area contributed by atoms with E-state index in [1.807, 2.05) is 13.0 Å². The van der Waals surface area contributed by atoms with Gasteiger partial charge in [0.1, 0.15) is 0 Å². The van der Waals surface area contributed by atoms with Crippen molar-refractivity contribution in [2.24, 2.45) is 5.73 Å². The standard InChI is InChI=1S/C9H10N2/c1-3-8-5-4-6-11-9(8)7(2)10/h1,4-7H,10H2,2H3/t7-/m1/s1. The minimum Gasteiger partial charge on any atom is -0.323 e. The Balaban J connectivity index is 3.15. The number of aromatic nitrogens is 1. The summed E-state index contributed by atoms with van der Waals surface area (Å²) in [5.41, 5.74) is 7.20. The molecule has 1 aromatic rings. The predicted molar refractivity (Wildman–Crippen MR) is 44.8 cm³/mol. The maximum Gasteiger partial charge on any atom is 0.0724 e. The number of nitrogens with two attached hydrogens (primary N) is 1. The second-order valence-electron chi connectivity index (χ2n) is 2.37. The summed E-state index contributed by atoms with van der Waals surface area (Å²) in [6.07, 6.45) is 6.94. The number of pyridine rings is 1. The highest BCUT2D eigenvalue weighted by atomic mass is 14.8. The van der Waals surface area contributed by atoms with Gasteiger partial charge in [0, 0.05) is 17.8 Å². The molecule has 0 spiro atoms. The van der Waals surface area contributed by atoms with Gasteiger partial charge < -0.3 is 5.73 Å². The first-order chi connectivity index (χ1) is 5.25. The van der Waals surface area contributed by atoms with Gasteiger partial charge in [-0.2, -0.15) is 0 Å². The van der Waals surface area contributed by atoms with Crippen molar-refractivity contribution >= 4 is 0 Å². The van der Waals surface area contributed by atoms with E-state index >= 15 is 0 Å². The van der Waals surface area contributed by atoms with Crippen LogP contribution in [0, 0.1) is 12.3 Å². The van der Waals surface area contributed by atoms with Crippen molar-refractivity contribution in [3.05, 3.63) is 29.6 Å². The van der Waals surface area contributed by atoms with Crippen molar-refractivity contribution in [1.29, 1.82) is 0 Å². The monoisotopic (exact) mass is 146 g/mol. The zero-order valence-electron chi connectivity index (χ0n) is 6.41. The third-order valence-electron chi connectivity index (χ3n) is 1.43. The summed E-state index contributed by atoms with van der Waals surface area (Å²) in [7, 11) is 0. The van der Waals surface area contributed by atoms with E-state index < -0.39 is 0 Å². The second kappa shape index (κ2) is 3.18. The lowest BCUT2D eigenvalue weighted by Crippen LogP contribution is -2.09. The Bertz CT molecular complexity index is 284. The Morgan fingerprint density at radius 3 is 2.91 bits per heavy atom. The van der Waals surface area contributed by atoms with E-state index in [4.69, 9.17) is 12.2 Å². The summed E-state index contributed by atoms with van der Waals surface area (Å²) in [5.74, 6) is 2.53. The fourth-order valence-corrected chi connectivity index (χ4v) is 0.902. The molecule has 1 atom stereocenters. The maximum absolute atomic E-state index is 5.63. The molecule has 0 unspecified atom stereocenters. The van der Waals surface area contributed by atoms with E-state index in [0.29, 0.717) is 0 Å². The van der Waals surface area contributed by atoms with Crippen LogP contribution in [0.2, 0.25) is 0 Å². The Hall–Kier alpha value is -1.33. The first-order valence-electron chi connectivity index (χ1n) is 3.43. The van der Waals surface area contributed by atoms with Crippen LogP contribution < -0.4 is 5.73 Å². The largest absolute Gasteiger partial charge is 0.323 e. The van der Waals surface area contributed by atoms with Crippen molar-refractivity contribution in [3.8, 4) is 12.3 Å². The minimum atomic E-state index is -0.0951. The fourth-order valence-electron chi connectivity index (χ4n) is 0.902. The van der Waals surface area contributed by atoms with Gasteiger partial charge in [-0.1, -0.05) is 5.92 Å². The zero-order chi connectivity index (χ0) is 8.27. The molecular formula is C9H10N2. The highest BCUT2D eigenvalue weighted by Crippen LogP contribution is 2.10. The molecule has 0 aliphatic rings. The Labute approximate surface area is 66.4 Å². The lowest BCUT2D eigenvalue weighted by Gasteiger charge is -2.05. The smallest absolute Gasteiger partial charge is 0.0724 e. The topological polar surface area (TPSA) is 38.9 Å². The van der Waals surface area contributed by atoms with E-state index in [0.717, 1.165) is 11.3 Å². The van der Waals surface area contributed by atoms with Crippen LogP contribution in [0.3, 0.4) is 0 Å². The molecule has 1 rings (SSSR count).